The van der Waals surface area contributed by atoms with Crippen LogP contribution in [0, 0.1) is 0 Å². The fraction of sp³-hybridized carbons (Fsp3) is 0.214. The minimum Gasteiger partial charge on any atom is -0.338 e. The number of rotatable bonds is 4. The van der Waals surface area contributed by atoms with Crippen molar-refractivity contribution in [3.8, 4) is 11.4 Å². The van der Waals surface area contributed by atoms with Gasteiger partial charge in [0.25, 0.3) is 0 Å². The predicted octanol–water partition coefficient (Wildman–Crippen LogP) is 4.88. The fourth-order valence-corrected chi connectivity index (χ4v) is 5.07. The smallest absolute Gasteiger partial charge is 0.227 e. The van der Waals surface area contributed by atoms with Crippen LogP contribution in [-0.2, 0) is 11.2 Å². The van der Waals surface area contributed by atoms with Gasteiger partial charge in [-0.05, 0) is 48.9 Å². The summed E-state index contributed by atoms with van der Waals surface area (Å²) in [5.74, 6) is 1.64. The largest absolute Gasteiger partial charge is 0.338 e. The fourth-order valence-electron chi connectivity index (χ4n) is 4.95. The molecule has 0 saturated carbocycles. The van der Waals surface area contributed by atoms with Gasteiger partial charge in [-0.25, -0.2) is 9.38 Å². The highest BCUT2D eigenvalue weighted by Crippen LogP contribution is 2.30. The first kappa shape index (κ1) is 22.5. The molecule has 5 aromatic rings. The molecule has 1 amide bonds. The van der Waals surface area contributed by atoms with E-state index in [1.807, 2.05) is 88.2 Å². The van der Waals surface area contributed by atoms with Gasteiger partial charge in [0.05, 0.1) is 11.9 Å². The quantitative estimate of drug-likeness (QED) is 0.355. The number of aromatic nitrogens is 4. The molecular formula is C28H25ClN6O. The monoisotopic (exact) mass is 496 g/mol. The predicted molar refractivity (Wildman–Crippen MR) is 142 cm³/mol. The van der Waals surface area contributed by atoms with Crippen LogP contribution in [0.15, 0.2) is 78.9 Å². The van der Waals surface area contributed by atoms with Crippen molar-refractivity contribution in [3.05, 3.63) is 89.4 Å². The maximum Gasteiger partial charge on any atom is 0.227 e. The average molecular weight is 497 g/mol. The third kappa shape index (κ3) is 4.05. The number of halogens is 1. The molecule has 2 aromatic heterocycles. The second-order valence-electron chi connectivity index (χ2n) is 9.16. The summed E-state index contributed by atoms with van der Waals surface area (Å²) in [6.07, 6.45) is 0.413. The molecule has 0 aliphatic carbocycles. The van der Waals surface area contributed by atoms with Gasteiger partial charge in [-0.2, -0.15) is 0 Å². The molecule has 1 unspecified atom stereocenters. The van der Waals surface area contributed by atoms with Crippen molar-refractivity contribution >= 4 is 40.0 Å². The van der Waals surface area contributed by atoms with Gasteiger partial charge >= 0.3 is 0 Å². The number of carbonyl (C=O) groups is 1. The molecule has 1 aliphatic rings. The topological polar surface area (TPSA) is 66.6 Å². The van der Waals surface area contributed by atoms with E-state index in [4.69, 9.17) is 16.6 Å². The van der Waals surface area contributed by atoms with Crippen molar-refractivity contribution in [1.82, 2.24) is 24.5 Å². The zero-order valence-corrected chi connectivity index (χ0v) is 20.6. The van der Waals surface area contributed by atoms with Crippen LogP contribution in [-0.4, -0.2) is 56.1 Å². The molecule has 0 spiro atoms. The van der Waals surface area contributed by atoms with Crippen molar-refractivity contribution in [1.29, 1.82) is 0 Å². The van der Waals surface area contributed by atoms with E-state index in [-0.39, 0.29) is 11.9 Å². The second-order valence-corrected chi connectivity index (χ2v) is 9.60. The molecule has 1 aliphatic heterocycles. The number of nitrogens with zero attached hydrogens (tertiary/aromatic N) is 6. The Kier molecular flexibility index (Phi) is 5.77. The van der Waals surface area contributed by atoms with Crippen molar-refractivity contribution in [2.24, 2.45) is 0 Å². The Morgan fingerprint density at radius 2 is 1.69 bits per heavy atom. The molecule has 180 valence electrons. The number of amides is 1. The number of piperazine rings is 1. The summed E-state index contributed by atoms with van der Waals surface area (Å²) >= 11 is 6.13. The Morgan fingerprint density at radius 3 is 2.47 bits per heavy atom. The van der Waals surface area contributed by atoms with Gasteiger partial charge < -0.3 is 9.80 Å². The number of para-hydroxylation sites is 1. The Bertz CT molecular complexity index is 1550. The van der Waals surface area contributed by atoms with Crippen molar-refractivity contribution in [2.75, 3.05) is 24.5 Å². The van der Waals surface area contributed by atoms with E-state index in [0.717, 1.165) is 33.6 Å². The minimum absolute atomic E-state index is 0.0359. The number of hydrogen-bond donors (Lipinski definition) is 0. The summed E-state index contributed by atoms with van der Waals surface area (Å²) in [5.41, 5.74) is 3.57. The van der Waals surface area contributed by atoms with E-state index in [1.54, 1.807) is 0 Å². The van der Waals surface area contributed by atoms with E-state index < -0.39 is 0 Å². The number of benzene rings is 3. The molecule has 8 heteroatoms. The van der Waals surface area contributed by atoms with Crippen LogP contribution in [0.25, 0.3) is 27.9 Å². The summed E-state index contributed by atoms with van der Waals surface area (Å²) < 4.78 is 2.03. The summed E-state index contributed by atoms with van der Waals surface area (Å²) in [5, 5.41) is 10.7. The first-order chi connectivity index (χ1) is 17.6. The summed E-state index contributed by atoms with van der Waals surface area (Å²) in [6, 6.07) is 25.5. The summed E-state index contributed by atoms with van der Waals surface area (Å²) in [4.78, 5) is 22.4. The van der Waals surface area contributed by atoms with Gasteiger partial charge in [0, 0.05) is 41.6 Å². The van der Waals surface area contributed by atoms with Crippen LogP contribution in [0.2, 0.25) is 5.02 Å². The normalized spacial score (nSPS) is 16.1. The Morgan fingerprint density at radius 1 is 0.944 bits per heavy atom. The molecule has 36 heavy (non-hydrogen) atoms. The van der Waals surface area contributed by atoms with Gasteiger partial charge in [0.2, 0.25) is 11.9 Å². The maximum absolute atomic E-state index is 13.1. The van der Waals surface area contributed by atoms with Gasteiger partial charge in [-0.1, -0.05) is 54.1 Å². The molecule has 0 N–H and O–H groups in total. The number of fused-ring (bicyclic) bond motifs is 3. The summed E-state index contributed by atoms with van der Waals surface area (Å²) in [6.45, 7) is 4.06. The first-order valence-corrected chi connectivity index (χ1v) is 12.4. The van der Waals surface area contributed by atoms with Crippen molar-refractivity contribution in [2.45, 2.75) is 19.4 Å². The second kappa shape index (κ2) is 9.24. The molecule has 1 atom stereocenters. The highest BCUT2D eigenvalue weighted by molar-refractivity contribution is 6.30. The van der Waals surface area contributed by atoms with E-state index in [1.165, 1.54) is 0 Å². The average Bonchev–Trinajstić information content (AvgIpc) is 3.35. The lowest BCUT2D eigenvalue weighted by molar-refractivity contribution is -0.132. The minimum atomic E-state index is 0.0359. The molecule has 6 rings (SSSR count). The van der Waals surface area contributed by atoms with Gasteiger partial charge in [-0.3, -0.25) is 4.79 Å². The Balaban J connectivity index is 1.36. The summed E-state index contributed by atoms with van der Waals surface area (Å²) in [7, 11) is 0. The van der Waals surface area contributed by atoms with E-state index in [9.17, 15) is 4.79 Å². The standard InChI is InChI=1S/C28H25ClN6O/c1-19-18-33(15-16-34(19)25(36)17-20-7-3-2-4-8-20)28-30-24-10-6-5-9-23(24)27-32-31-26(35(27)28)21-11-13-22(29)14-12-21/h2-14,19H,15-18H2,1H3. The maximum atomic E-state index is 13.1. The van der Waals surface area contributed by atoms with Crippen molar-refractivity contribution in [3.63, 3.8) is 0 Å². The van der Waals surface area contributed by atoms with E-state index in [2.05, 4.69) is 22.0 Å². The molecule has 1 fully saturated rings. The molecule has 7 nitrogen and oxygen atoms in total. The SMILES string of the molecule is CC1CN(c2nc3ccccc3c3nnc(-c4ccc(Cl)cc4)n23)CCN1C(=O)Cc1ccccc1. The van der Waals surface area contributed by atoms with E-state index in [0.29, 0.717) is 36.9 Å². The van der Waals surface area contributed by atoms with Crippen LogP contribution in [0.5, 0.6) is 0 Å². The van der Waals surface area contributed by atoms with Crippen LogP contribution >= 0.6 is 11.6 Å². The molecule has 1 saturated heterocycles. The molecule has 3 heterocycles. The van der Waals surface area contributed by atoms with Gasteiger partial charge in [0.15, 0.2) is 11.5 Å². The lowest BCUT2D eigenvalue weighted by atomic mass is 10.1. The van der Waals surface area contributed by atoms with Gasteiger partial charge in [0.1, 0.15) is 0 Å². The molecule has 0 bridgehead atoms. The third-order valence-electron chi connectivity index (χ3n) is 6.76. The number of anilines is 1. The molecule has 3 aromatic carbocycles. The van der Waals surface area contributed by atoms with Crippen LogP contribution in [0.3, 0.4) is 0 Å². The highest BCUT2D eigenvalue weighted by atomic mass is 35.5. The van der Waals surface area contributed by atoms with Crippen LogP contribution in [0.1, 0.15) is 12.5 Å². The van der Waals surface area contributed by atoms with Crippen molar-refractivity contribution < 1.29 is 4.79 Å². The zero-order valence-electron chi connectivity index (χ0n) is 19.9. The Hall–Kier alpha value is -3.97. The van der Waals surface area contributed by atoms with Crippen LogP contribution in [0.4, 0.5) is 5.95 Å². The van der Waals surface area contributed by atoms with Gasteiger partial charge in [-0.15, -0.1) is 10.2 Å². The lowest BCUT2D eigenvalue weighted by Gasteiger charge is -2.40. The Labute approximate surface area is 214 Å². The number of hydrogen-bond acceptors (Lipinski definition) is 5. The number of carbonyl (C=O) groups excluding carboxylic acids is 1. The molecule has 0 radical (unpaired) electrons. The van der Waals surface area contributed by atoms with E-state index >= 15 is 0 Å². The highest BCUT2D eigenvalue weighted by Gasteiger charge is 2.30. The first-order valence-electron chi connectivity index (χ1n) is 12.1. The third-order valence-corrected chi connectivity index (χ3v) is 7.01. The van der Waals surface area contributed by atoms with Crippen LogP contribution < -0.4 is 4.90 Å². The zero-order chi connectivity index (χ0) is 24.6. The molecular weight excluding hydrogens is 472 g/mol. The lowest BCUT2D eigenvalue weighted by Crippen LogP contribution is -2.55.